The van der Waals surface area contributed by atoms with Crippen molar-refractivity contribution in [3.63, 3.8) is 0 Å². The fourth-order valence-corrected chi connectivity index (χ4v) is 2.95. The Balaban J connectivity index is 1.75. The van der Waals surface area contributed by atoms with Gasteiger partial charge in [0.05, 0.1) is 6.61 Å². The Bertz CT molecular complexity index is 330. The van der Waals surface area contributed by atoms with Crippen molar-refractivity contribution < 1.29 is 4.74 Å². The average Bonchev–Trinajstić information content (AvgIpc) is 3.20. The highest BCUT2D eigenvalue weighted by atomic mass is 16.5. The van der Waals surface area contributed by atoms with E-state index >= 15 is 0 Å². The van der Waals surface area contributed by atoms with E-state index in [1.165, 1.54) is 19.3 Å². The van der Waals surface area contributed by atoms with Gasteiger partial charge in [-0.3, -0.25) is 9.89 Å². The van der Waals surface area contributed by atoms with Gasteiger partial charge in [0.2, 0.25) is 0 Å². The van der Waals surface area contributed by atoms with E-state index in [2.05, 4.69) is 34.1 Å². The van der Waals surface area contributed by atoms with Gasteiger partial charge in [-0.1, -0.05) is 0 Å². The lowest BCUT2D eigenvalue weighted by molar-refractivity contribution is 0.157. The van der Waals surface area contributed by atoms with Gasteiger partial charge in [-0.05, 0) is 33.2 Å². The van der Waals surface area contributed by atoms with Crippen molar-refractivity contribution in [1.29, 1.82) is 0 Å². The molecule has 1 aliphatic heterocycles. The number of nitrogens with one attached hydrogen (secondary N) is 1. The first-order chi connectivity index (χ1) is 9.65. The largest absolute Gasteiger partial charge is 0.384 e. The normalized spacial score (nSPS) is 25.4. The smallest absolute Gasteiger partial charge is 0.193 e. The molecule has 0 radical (unpaired) electrons. The highest BCUT2D eigenvalue weighted by molar-refractivity contribution is 5.80. The third-order valence-corrected chi connectivity index (χ3v) is 4.57. The number of ether oxygens (including phenoxy) is 1. The predicted octanol–water partition coefficient (Wildman–Crippen LogP) is 1.01. The molecule has 0 aromatic heterocycles. The molecular weight excluding hydrogens is 252 g/mol. The molecule has 0 amide bonds. The lowest BCUT2D eigenvalue weighted by Crippen LogP contribution is -2.46. The van der Waals surface area contributed by atoms with Crippen LogP contribution in [0.3, 0.4) is 0 Å². The van der Waals surface area contributed by atoms with Crippen molar-refractivity contribution in [2.75, 3.05) is 47.4 Å². The number of aliphatic imine (C=N–C) groups is 1. The molecule has 20 heavy (non-hydrogen) atoms. The molecule has 1 saturated heterocycles. The fourth-order valence-electron chi connectivity index (χ4n) is 2.95. The molecule has 2 fully saturated rings. The maximum atomic E-state index is 5.26. The topological polar surface area (TPSA) is 40.1 Å². The van der Waals surface area contributed by atoms with Crippen LogP contribution in [0.1, 0.15) is 26.2 Å². The molecule has 2 aliphatic rings. The summed E-state index contributed by atoms with van der Waals surface area (Å²) >= 11 is 0. The Labute approximate surface area is 123 Å². The zero-order valence-electron chi connectivity index (χ0n) is 13.4. The molecule has 2 rings (SSSR count). The first-order valence-electron chi connectivity index (χ1n) is 7.82. The first kappa shape index (κ1) is 15.6. The molecular formula is C15H30N4O. The predicted molar refractivity (Wildman–Crippen MR) is 83.2 cm³/mol. The van der Waals surface area contributed by atoms with E-state index in [1.54, 1.807) is 7.11 Å². The molecule has 5 heteroatoms. The monoisotopic (exact) mass is 282 g/mol. The maximum absolute atomic E-state index is 5.26. The zero-order valence-corrected chi connectivity index (χ0v) is 13.4. The van der Waals surface area contributed by atoms with Gasteiger partial charge < -0.3 is 15.0 Å². The molecule has 1 saturated carbocycles. The van der Waals surface area contributed by atoms with Gasteiger partial charge in [-0.15, -0.1) is 0 Å². The van der Waals surface area contributed by atoms with Crippen molar-refractivity contribution in [3.8, 4) is 0 Å². The standard InChI is InChI=1S/C15H30N4O/c1-12(18(3)14-5-6-14)9-17-15(16-2)19-8-7-13(10-19)11-20-4/h12-14H,5-11H2,1-4H3,(H,16,17). The van der Waals surface area contributed by atoms with E-state index in [0.29, 0.717) is 12.0 Å². The maximum Gasteiger partial charge on any atom is 0.193 e. The minimum atomic E-state index is 0.552. The van der Waals surface area contributed by atoms with Gasteiger partial charge in [-0.25, -0.2) is 0 Å². The van der Waals surface area contributed by atoms with Crippen LogP contribution < -0.4 is 5.32 Å². The number of methoxy groups -OCH3 is 1. The van der Waals surface area contributed by atoms with Gasteiger partial charge in [0.1, 0.15) is 0 Å². The molecule has 0 aromatic rings. The second-order valence-electron chi connectivity index (χ2n) is 6.23. The summed E-state index contributed by atoms with van der Waals surface area (Å²) in [5.41, 5.74) is 0. The van der Waals surface area contributed by atoms with Gasteiger partial charge in [0, 0.05) is 51.8 Å². The Morgan fingerprint density at radius 3 is 2.80 bits per heavy atom. The summed E-state index contributed by atoms with van der Waals surface area (Å²) in [4.78, 5) is 9.27. The highest BCUT2D eigenvalue weighted by Gasteiger charge is 2.29. The number of hydrogen-bond acceptors (Lipinski definition) is 3. The highest BCUT2D eigenvalue weighted by Crippen LogP contribution is 2.26. The molecule has 116 valence electrons. The van der Waals surface area contributed by atoms with Gasteiger partial charge in [0.15, 0.2) is 5.96 Å². The van der Waals surface area contributed by atoms with Gasteiger partial charge >= 0.3 is 0 Å². The van der Waals surface area contributed by atoms with E-state index in [4.69, 9.17) is 4.74 Å². The average molecular weight is 282 g/mol. The van der Waals surface area contributed by atoms with Crippen LogP contribution in [0.4, 0.5) is 0 Å². The Kier molecular flexibility index (Phi) is 5.66. The van der Waals surface area contributed by atoms with Crippen molar-refractivity contribution in [2.24, 2.45) is 10.9 Å². The van der Waals surface area contributed by atoms with Crippen LogP contribution in [0.25, 0.3) is 0 Å². The van der Waals surface area contributed by atoms with Crippen LogP contribution in [-0.2, 0) is 4.74 Å². The van der Waals surface area contributed by atoms with Crippen LogP contribution in [0.5, 0.6) is 0 Å². The molecule has 0 aromatic carbocycles. The first-order valence-corrected chi connectivity index (χ1v) is 7.82. The van der Waals surface area contributed by atoms with E-state index in [-0.39, 0.29) is 0 Å². The number of nitrogens with zero attached hydrogens (tertiary/aromatic N) is 3. The second kappa shape index (κ2) is 7.27. The molecule has 1 heterocycles. The number of likely N-dealkylation sites (tertiary alicyclic amines) is 1. The van der Waals surface area contributed by atoms with Crippen LogP contribution in [0.15, 0.2) is 4.99 Å². The summed E-state index contributed by atoms with van der Waals surface area (Å²) in [5.74, 6) is 1.68. The van der Waals surface area contributed by atoms with Crippen molar-refractivity contribution in [1.82, 2.24) is 15.1 Å². The molecule has 5 nitrogen and oxygen atoms in total. The van der Waals surface area contributed by atoms with Crippen LogP contribution in [0, 0.1) is 5.92 Å². The minimum absolute atomic E-state index is 0.552. The number of hydrogen-bond donors (Lipinski definition) is 1. The Morgan fingerprint density at radius 1 is 1.45 bits per heavy atom. The molecule has 1 N–H and O–H groups in total. The number of rotatable bonds is 6. The van der Waals surface area contributed by atoms with Gasteiger partial charge in [-0.2, -0.15) is 0 Å². The minimum Gasteiger partial charge on any atom is -0.384 e. The zero-order chi connectivity index (χ0) is 14.5. The lowest BCUT2D eigenvalue weighted by atomic mass is 10.1. The molecule has 0 bridgehead atoms. The summed E-state index contributed by atoms with van der Waals surface area (Å²) in [7, 11) is 5.89. The van der Waals surface area contributed by atoms with E-state index in [0.717, 1.165) is 38.2 Å². The summed E-state index contributed by atoms with van der Waals surface area (Å²) in [6.45, 7) is 6.25. The lowest BCUT2D eigenvalue weighted by Gasteiger charge is -2.28. The summed E-state index contributed by atoms with van der Waals surface area (Å²) < 4.78 is 5.26. The van der Waals surface area contributed by atoms with Crippen LogP contribution >= 0.6 is 0 Å². The van der Waals surface area contributed by atoms with E-state index in [9.17, 15) is 0 Å². The fraction of sp³-hybridized carbons (Fsp3) is 0.933. The third kappa shape index (κ3) is 4.09. The van der Waals surface area contributed by atoms with Crippen molar-refractivity contribution >= 4 is 5.96 Å². The van der Waals surface area contributed by atoms with Crippen LogP contribution in [-0.4, -0.2) is 75.3 Å². The molecule has 2 unspecified atom stereocenters. The Morgan fingerprint density at radius 2 is 2.20 bits per heavy atom. The Hall–Kier alpha value is -0.810. The van der Waals surface area contributed by atoms with E-state index in [1.807, 2.05) is 7.05 Å². The second-order valence-corrected chi connectivity index (χ2v) is 6.23. The van der Waals surface area contributed by atoms with Gasteiger partial charge in [0.25, 0.3) is 0 Å². The SMILES string of the molecule is CN=C(NCC(C)N(C)C1CC1)N1CCC(COC)C1. The summed E-state index contributed by atoms with van der Waals surface area (Å²) in [6.07, 6.45) is 3.92. The summed E-state index contributed by atoms with van der Waals surface area (Å²) in [5, 5.41) is 3.53. The number of guanidine groups is 1. The quantitative estimate of drug-likeness (QED) is 0.583. The summed E-state index contributed by atoms with van der Waals surface area (Å²) in [6, 6.07) is 1.36. The third-order valence-electron chi connectivity index (χ3n) is 4.57. The molecule has 2 atom stereocenters. The number of likely N-dealkylation sites (N-methyl/N-ethyl adjacent to an activating group) is 1. The van der Waals surface area contributed by atoms with Crippen LogP contribution in [0.2, 0.25) is 0 Å². The van der Waals surface area contributed by atoms with Crippen molar-refractivity contribution in [2.45, 2.75) is 38.3 Å². The van der Waals surface area contributed by atoms with Crippen molar-refractivity contribution in [3.05, 3.63) is 0 Å². The van der Waals surface area contributed by atoms with E-state index < -0.39 is 0 Å². The molecule has 1 aliphatic carbocycles. The molecule has 0 spiro atoms.